The molecule has 1 aliphatic heterocycles. The molecule has 2 atom stereocenters. The average Bonchev–Trinajstić information content (AvgIpc) is 2.77. The molecule has 0 saturated carbocycles. The lowest BCUT2D eigenvalue weighted by Gasteiger charge is -2.25. The fraction of sp³-hybridized carbons (Fsp3) is 0.462. The van der Waals surface area contributed by atoms with E-state index in [0.717, 1.165) is 0 Å². The van der Waals surface area contributed by atoms with Gasteiger partial charge >= 0.3 is 0 Å². The molecular weight excluding hydrogens is 246 g/mol. The van der Waals surface area contributed by atoms with Crippen LogP contribution in [0.3, 0.4) is 0 Å². The van der Waals surface area contributed by atoms with E-state index in [2.05, 4.69) is 10.3 Å². The maximum atomic E-state index is 11.8. The number of rotatable bonds is 3. The Morgan fingerprint density at radius 2 is 2.53 bits per heavy atom. The van der Waals surface area contributed by atoms with Crippen LogP contribution in [0.5, 0.6) is 0 Å². The van der Waals surface area contributed by atoms with Crippen molar-refractivity contribution >= 4 is 5.91 Å². The Morgan fingerprint density at radius 1 is 1.74 bits per heavy atom. The summed E-state index contributed by atoms with van der Waals surface area (Å²) >= 11 is 0. The lowest BCUT2D eigenvalue weighted by Crippen LogP contribution is -2.47. The van der Waals surface area contributed by atoms with Gasteiger partial charge in [0.1, 0.15) is 17.4 Å². The first-order valence-corrected chi connectivity index (χ1v) is 6.03. The van der Waals surface area contributed by atoms with E-state index in [1.807, 2.05) is 6.07 Å². The minimum absolute atomic E-state index is 0.120. The van der Waals surface area contributed by atoms with Gasteiger partial charge in [0.25, 0.3) is 5.91 Å². The zero-order valence-corrected chi connectivity index (χ0v) is 10.6. The van der Waals surface area contributed by atoms with E-state index >= 15 is 0 Å². The number of aromatic nitrogens is 1. The Labute approximate surface area is 111 Å². The molecule has 1 aromatic rings. The number of carbonyl (C=O) groups excluding carboxylic acids is 1. The van der Waals surface area contributed by atoms with Crippen molar-refractivity contribution in [1.82, 2.24) is 10.3 Å². The van der Waals surface area contributed by atoms with Gasteiger partial charge in [-0.2, -0.15) is 5.26 Å². The zero-order valence-electron chi connectivity index (χ0n) is 10.6. The van der Waals surface area contributed by atoms with Crippen molar-refractivity contribution in [3.8, 4) is 6.07 Å². The second-order valence-corrected chi connectivity index (χ2v) is 4.59. The number of nitrogens with one attached hydrogen (secondary N) is 1. The summed E-state index contributed by atoms with van der Waals surface area (Å²) in [6.07, 6.45) is 1.53. The first-order valence-electron chi connectivity index (χ1n) is 6.03. The second kappa shape index (κ2) is 5.34. The summed E-state index contributed by atoms with van der Waals surface area (Å²) in [5.41, 5.74) is -0.412. The minimum atomic E-state index is -1.03. The van der Waals surface area contributed by atoms with E-state index in [4.69, 9.17) is 10.00 Å². The number of amides is 1. The van der Waals surface area contributed by atoms with Gasteiger partial charge in [-0.1, -0.05) is 0 Å². The molecule has 19 heavy (non-hydrogen) atoms. The van der Waals surface area contributed by atoms with E-state index in [9.17, 15) is 9.90 Å². The molecule has 1 fully saturated rings. The van der Waals surface area contributed by atoms with Crippen molar-refractivity contribution in [3.05, 3.63) is 29.6 Å². The van der Waals surface area contributed by atoms with E-state index in [-0.39, 0.29) is 24.2 Å². The monoisotopic (exact) mass is 261 g/mol. The van der Waals surface area contributed by atoms with Gasteiger partial charge in [-0.3, -0.25) is 4.79 Å². The third kappa shape index (κ3) is 2.89. The molecule has 100 valence electrons. The molecule has 0 aliphatic carbocycles. The average molecular weight is 261 g/mol. The molecule has 1 amide bonds. The number of aliphatic hydroxyl groups is 1. The predicted molar refractivity (Wildman–Crippen MR) is 66.3 cm³/mol. The fourth-order valence-electron chi connectivity index (χ4n) is 1.92. The van der Waals surface area contributed by atoms with Crippen molar-refractivity contribution in [2.24, 2.45) is 0 Å². The van der Waals surface area contributed by atoms with Gasteiger partial charge in [-0.25, -0.2) is 4.98 Å². The highest BCUT2D eigenvalue weighted by Crippen LogP contribution is 2.24. The molecule has 2 N–H and O–H groups in total. The highest BCUT2D eigenvalue weighted by molar-refractivity contribution is 5.92. The summed E-state index contributed by atoms with van der Waals surface area (Å²) in [6, 6.07) is 4.94. The topological polar surface area (TPSA) is 95.2 Å². The number of nitriles is 1. The molecule has 0 aromatic carbocycles. The molecule has 2 rings (SSSR count). The molecule has 1 aromatic heterocycles. The number of pyridine rings is 1. The number of hydrogen-bond donors (Lipinski definition) is 2. The lowest BCUT2D eigenvalue weighted by atomic mass is 9.97. The van der Waals surface area contributed by atoms with Crippen molar-refractivity contribution in [3.63, 3.8) is 0 Å². The maximum Gasteiger partial charge on any atom is 0.269 e. The van der Waals surface area contributed by atoms with Crippen LogP contribution in [-0.2, 0) is 4.74 Å². The van der Waals surface area contributed by atoms with Crippen LogP contribution in [-0.4, -0.2) is 40.9 Å². The Bertz CT molecular complexity index is 509. The zero-order chi connectivity index (χ0) is 13.9. The van der Waals surface area contributed by atoms with Gasteiger partial charge in [-0.05, 0) is 19.1 Å². The van der Waals surface area contributed by atoms with Gasteiger partial charge in [0, 0.05) is 25.8 Å². The lowest BCUT2D eigenvalue weighted by molar-refractivity contribution is -0.0252. The number of carbonyl (C=O) groups is 1. The standard InChI is InChI=1S/C13H15N3O3/c1-9-13(18,4-5-19-9)8-16-12(17)11-3-2-10(6-14)7-15-11/h2-3,7,9,18H,4-5,8H2,1H3,(H,16,17). The van der Waals surface area contributed by atoms with E-state index in [0.29, 0.717) is 18.6 Å². The summed E-state index contributed by atoms with van der Waals surface area (Å²) in [6.45, 7) is 2.39. The van der Waals surface area contributed by atoms with Crippen LogP contribution in [0.2, 0.25) is 0 Å². The first kappa shape index (κ1) is 13.5. The Balaban J connectivity index is 1.96. The van der Waals surface area contributed by atoms with Gasteiger partial charge in [-0.15, -0.1) is 0 Å². The normalized spacial score (nSPS) is 25.8. The Hall–Kier alpha value is -1.97. The van der Waals surface area contributed by atoms with Gasteiger partial charge in [0.05, 0.1) is 11.7 Å². The predicted octanol–water partition coefficient (Wildman–Crippen LogP) is 0.223. The smallest absolute Gasteiger partial charge is 0.269 e. The SMILES string of the molecule is CC1OCCC1(O)CNC(=O)c1ccc(C#N)cn1. The molecule has 0 spiro atoms. The van der Waals surface area contributed by atoms with Gasteiger partial charge in [0.15, 0.2) is 0 Å². The molecule has 6 nitrogen and oxygen atoms in total. The van der Waals surface area contributed by atoms with Crippen LogP contribution >= 0.6 is 0 Å². The summed E-state index contributed by atoms with van der Waals surface area (Å²) in [5, 5.41) is 21.5. The number of hydrogen-bond acceptors (Lipinski definition) is 5. The molecule has 1 saturated heterocycles. The molecular formula is C13H15N3O3. The highest BCUT2D eigenvalue weighted by Gasteiger charge is 2.39. The number of nitrogens with zero attached hydrogens (tertiary/aromatic N) is 2. The number of ether oxygens (including phenoxy) is 1. The largest absolute Gasteiger partial charge is 0.385 e. The maximum absolute atomic E-state index is 11.8. The summed E-state index contributed by atoms with van der Waals surface area (Å²) in [4.78, 5) is 15.7. The second-order valence-electron chi connectivity index (χ2n) is 4.59. The molecule has 0 radical (unpaired) electrons. The highest BCUT2D eigenvalue weighted by atomic mass is 16.5. The fourth-order valence-corrected chi connectivity index (χ4v) is 1.92. The van der Waals surface area contributed by atoms with Crippen molar-refractivity contribution in [2.75, 3.05) is 13.2 Å². The van der Waals surface area contributed by atoms with Crippen molar-refractivity contribution in [1.29, 1.82) is 5.26 Å². The van der Waals surface area contributed by atoms with Crippen LogP contribution in [0.25, 0.3) is 0 Å². The van der Waals surface area contributed by atoms with Gasteiger partial charge < -0.3 is 15.2 Å². The molecule has 6 heteroatoms. The van der Waals surface area contributed by atoms with E-state index < -0.39 is 5.60 Å². The summed E-state index contributed by atoms with van der Waals surface area (Å²) in [7, 11) is 0. The van der Waals surface area contributed by atoms with E-state index in [1.165, 1.54) is 18.3 Å². The molecule has 2 unspecified atom stereocenters. The van der Waals surface area contributed by atoms with Crippen LogP contribution in [0.15, 0.2) is 18.3 Å². The third-order valence-corrected chi connectivity index (χ3v) is 3.34. The quantitative estimate of drug-likeness (QED) is 0.811. The van der Waals surface area contributed by atoms with Crippen LogP contribution in [0.1, 0.15) is 29.4 Å². The Morgan fingerprint density at radius 3 is 3.05 bits per heavy atom. The van der Waals surface area contributed by atoms with Crippen LogP contribution in [0, 0.1) is 11.3 Å². The van der Waals surface area contributed by atoms with Crippen LogP contribution in [0.4, 0.5) is 0 Å². The third-order valence-electron chi connectivity index (χ3n) is 3.34. The summed E-state index contributed by atoms with van der Waals surface area (Å²) < 4.78 is 5.28. The Kier molecular flexibility index (Phi) is 3.79. The molecule has 1 aliphatic rings. The van der Waals surface area contributed by atoms with E-state index in [1.54, 1.807) is 6.92 Å². The first-order chi connectivity index (χ1) is 9.05. The molecule has 0 bridgehead atoms. The van der Waals surface area contributed by atoms with Crippen molar-refractivity contribution < 1.29 is 14.6 Å². The minimum Gasteiger partial charge on any atom is -0.385 e. The summed E-state index contributed by atoms with van der Waals surface area (Å²) in [5.74, 6) is -0.378. The van der Waals surface area contributed by atoms with Gasteiger partial charge in [0.2, 0.25) is 0 Å². The molecule has 2 heterocycles. The van der Waals surface area contributed by atoms with Crippen LogP contribution < -0.4 is 5.32 Å². The van der Waals surface area contributed by atoms with Crippen molar-refractivity contribution in [2.45, 2.75) is 25.0 Å².